The lowest BCUT2D eigenvalue weighted by atomic mass is 10.1. The van der Waals surface area contributed by atoms with Crippen molar-refractivity contribution in [2.75, 3.05) is 7.05 Å². The first-order valence-electron chi connectivity index (χ1n) is 6.40. The lowest BCUT2D eigenvalue weighted by Crippen LogP contribution is -2.17. The molecule has 0 heterocycles. The van der Waals surface area contributed by atoms with Gasteiger partial charge in [-0.1, -0.05) is 34.1 Å². The van der Waals surface area contributed by atoms with Gasteiger partial charge in [0.15, 0.2) is 0 Å². The van der Waals surface area contributed by atoms with Gasteiger partial charge in [0.25, 0.3) is 0 Å². The Kier molecular flexibility index (Phi) is 5.09. The third-order valence-corrected chi connectivity index (χ3v) is 3.61. The molecule has 0 bridgehead atoms. The molecule has 3 nitrogen and oxygen atoms in total. The van der Waals surface area contributed by atoms with Crippen molar-refractivity contribution in [3.63, 3.8) is 0 Å². The Labute approximate surface area is 131 Å². The molecule has 0 saturated heterocycles. The molecule has 0 atom stereocenters. The summed E-state index contributed by atoms with van der Waals surface area (Å²) < 4.78 is 14.6. The highest BCUT2D eigenvalue weighted by Gasteiger charge is 2.11. The molecule has 0 aliphatic rings. The Balaban J connectivity index is 2.02. The number of hydrogen-bond acceptors (Lipinski definition) is 2. The third-order valence-electron chi connectivity index (χ3n) is 3.08. The summed E-state index contributed by atoms with van der Waals surface area (Å²) in [5.74, 6) is -1.95. The quantitative estimate of drug-likeness (QED) is 0.887. The minimum Gasteiger partial charge on any atom is -0.478 e. The molecular formula is C16H15BrFNO2. The van der Waals surface area contributed by atoms with Crippen LogP contribution >= 0.6 is 15.9 Å². The van der Waals surface area contributed by atoms with Crippen LogP contribution in [0.3, 0.4) is 0 Å². The second-order valence-corrected chi connectivity index (χ2v) is 5.83. The summed E-state index contributed by atoms with van der Waals surface area (Å²) in [6, 6.07) is 12.2. The lowest BCUT2D eigenvalue weighted by molar-refractivity contribution is 0.0692. The van der Waals surface area contributed by atoms with Crippen LogP contribution in [-0.4, -0.2) is 23.0 Å². The molecule has 0 aliphatic carbocycles. The maximum absolute atomic E-state index is 13.6. The number of carboxylic acid groups (broad SMARTS) is 1. The van der Waals surface area contributed by atoms with Crippen LogP contribution in [0.15, 0.2) is 46.9 Å². The molecule has 0 fully saturated rings. The number of aromatic carboxylic acids is 1. The maximum Gasteiger partial charge on any atom is 0.338 e. The van der Waals surface area contributed by atoms with Gasteiger partial charge in [-0.2, -0.15) is 0 Å². The molecule has 0 aliphatic heterocycles. The van der Waals surface area contributed by atoms with Crippen LogP contribution in [0.1, 0.15) is 21.5 Å². The van der Waals surface area contributed by atoms with E-state index in [-0.39, 0.29) is 5.56 Å². The van der Waals surface area contributed by atoms with Crippen LogP contribution < -0.4 is 0 Å². The predicted octanol–water partition coefficient (Wildman–Crippen LogP) is 3.92. The summed E-state index contributed by atoms with van der Waals surface area (Å²) in [4.78, 5) is 12.8. The summed E-state index contributed by atoms with van der Waals surface area (Å²) >= 11 is 3.39. The molecule has 0 spiro atoms. The average molecular weight is 352 g/mol. The largest absolute Gasteiger partial charge is 0.478 e. The van der Waals surface area contributed by atoms with Crippen molar-refractivity contribution < 1.29 is 14.3 Å². The predicted molar refractivity (Wildman–Crippen MR) is 82.7 cm³/mol. The summed E-state index contributed by atoms with van der Waals surface area (Å²) in [6.45, 7) is 1.28. The first-order chi connectivity index (χ1) is 9.95. The minimum absolute atomic E-state index is 0.297. The van der Waals surface area contributed by atoms with E-state index < -0.39 is 11.8 Å². The fraction of sp³-hybridized carbons (Fsp3) is 0.188. The zero-order chi connectivity index (χ0) is 15.4. The van der Waals surface area contributed by atoms with E-state index in [0.717, 1.165) is 22.1 Å². The van der Waals surface area contributed by atoms with E-state index in [1.807, 2.05) is 36.2 Å². The molecule has 21 heavy (non-hydrogen) atoms. The van der Waals surface area contributed by atoms with Gasteiger partial charge >= 0.3 is 5.97 Å². The second-order valence-electron chi connectivity index (χ2n) is 4.92. The molecule has 0 aromatic heterocycles. The standard InChI is InChI=1S/C16H15BrFNO2/c1-19(9-11-2-5-13(17)6-3-11)10-12-4-7-14(16(20)21)15(18)8-12/h2-8H,9-10H2,1H3,(H,20,21). The third kappa shape index (κ3) is 4.37. The number of carboxylic acids is 1. The number of carbonyl (C=O) groups is 1. The lowest BCUT2D eigenvalue weighted by Gasteiger charge is -2.17. The summed E-state index contributed by atoms with van der Waals surface area (Å²) in [7, 11) is 1.94. The highest BCUT2D eigenvalue weighted by atomic mass is 79.9. The van der Waals surface area contributed by atoms with E-state index in [9.17, 15) is 9.18 Å². The second kappa shape index (κ2) is 6.83. The Bertz CT molecular complexity index is 643. The fourth-order valence-corrected chi connectivity index (χ4v) is 2.36. The topological polar surface area (TPSA) is 40.5 Å². The zero-order valence-electron chi connectivity index (χ0n) is 11.5. The molecule has 0 amide bonds. The highest BCUT2D eigenvalue weighted by Crippen LogP contribution is 2.15. The molecule has 1 N–H and O–H groups in total. The fourth-order valence-electron chi connectivity index (χ4n) is 2.10. The van der Waals surface area contributed by atoms with Crippen molar-refractivity contribution in [3.8, 4) is 0 Å². The molecule has 2 rings (SSSR count). The molecule has 0 radical (unpaired) electrons. The van der Waals surface area contributed by atoms with Gasteiger partial charge in [-0.05, 0) is 42.4 Å². The maximum atomic E-state index is 13.6. The van der Waals surface area contributed by atoms with Crippen molar-refractivity contribution in [1.29, 1.82) is 0 Å². The van der Waals surface area contributed by atoms with E-state index >= 15 is 0 Å². The highest BCUT2D eigenvalue weighted by molar-refractivity contribution is 9.10. The van der Waals surface area contributed by atoms with Crippen molar-refractivity contribution in [2.45, 2.75) is 13.1 Å². The molecule has 5 heteroatoms. The van der Waals surface area contributed by atoms with Gasteiger partial charge in [0.2, 0.25) is 0 Å². The minimum atomic E-state index is -1.25. The Hall–Kier alpha value is -1.72. The number of halogens is 2. The number of nitrogens with zero attached hydrogens (tertiary/aromatic N) is 1. The van der Waals surface area contributed by atoms with E-state index in [2.05, 4.69) is 15.9 Å². The van der Waals surface area contributed by atoms with Crippen LogP contribution in [0, 0.1) is 5.82 Å². The Morgan fingerprint density at radius 1 is 1.14 bits per heavy atom. The zero-order valence-corrected chi connectivity index (χ0v) is 13.1. The van der Waals surface area contributed by atoms with Gasteiger partial charge in [-0.15, -0.1) is 0 Å². The van der Waals surface area contributed by atoms with Gasteiger partial charge in [0.1, 0.15) is 5.82 Å². The van der Waals surface area contributed by atoms with Crippen LogP contribution in [0.25, 0.3) is 0 Å². The Morgan fingerprint density at radius 3 is 2.29 bits per heavy atom. The first kappa shape index (κ1) is 15.7. The van der Waals surface area contributed by atoms with E-state index in [4.69, 9.17) is 5.11 Å². The van der Waals surface area contributed by atoms with Crippen molar-refractivity contribution >= 4 is 21.9 Å². The van der Waals surface area contributed by atoms with Crippen molar-refractivity contribution in [1.82, 2.24) is 4.90 Å². The summed E-state index contributed by atoms with van der Waals surface area (Å²) in [5, 5.41) is 8.80. The first-order valence-corrected chi connectivity index (χ1v) is 7.19. The van der Waals surface area contributed by atoms with E-state index in [0.29, 0.717) is 6.54 Å². The van der Waals surface area contributed by atoms with Gasteiger partial charge in [0.05, 0.1) is 5.56 Å². The number of rotatable bonds is 5. The molecule has 110 valence electrons. The molecular weight excluding hydrogens is 337 g/mol. The number of benzene rings is 2. The molecule has 0 unspecified atom stereocenters. The summed E-state index contributed by atoms with van der Waals surface area (Å²) in [5.41, 5.74) is 1.61. The summed E-state index contributed by atoms with van der Waals surface area (Å²) in [6.07, 6.45) is 0. The van der Waals surface area contributed by atoms with Crippen LogP contribution in [-0.2, 0) is 13.1 Å². The Morgan fingerprint density at radius 2 is 1.71 bits per heavy atom. The smallest absolute Gasteiger partial charge is 0.338 e. The molecule has 0 saturated carbocycles. The van der Waals surface area contributed by atoms with Crippen LogP contribution in [0.4, 0.5) is 4.39 Å². The molecule has 2 aromatic carbocycles. The van der Waals surface area contributed by atoms with E-state index in [1.54, 1.807) is 6.07 Å². The van der Waals surface area contributed by atoms with Crippen LogP contribution in [0.5, 0.6) is 0 Å². The SMILES string of the molecule is CN(Cc1ccc(Br)cc1)Cc1ccc(C(=O)O)c(F)c1. The average Bonchev–Trinajstić information content (AvgIpc) is 2.41. The van der Waals surface area contributed by atoms with Gasteiger partial charge in [0, 0.05) is 17.6 Å². The van der Waals surface area contributed by atoms with Gasteiger partial charge < -0.3 is 5.11 Å². The van der Waals surface area contributed by atoms with Gasteiger partial charge in [-0.3, -0.25) is 4.90 Å². The number of hydrogen-bond donors (Lipinski definition) is 1. The monoisotopic (exact) mass is 351 g/mol. The van der Waals surface area contributed by atoms with Gasteiger partial charge in [-0.25, -0.2) is 9.18 Å². The van der Waals surface area contributed by atoms with E-state index in [1.165, 1.54) is 12.1 Å². The van der Waals surface area contributed by atoms with Crippen LogP contribution in [0.2, 0.25) is 0 Å². The normalized spacial score (nSPS) is 10.9. The van der Waals surface area contributed by atoms with Crippen molar-refractivity contribution in [3.05, 3.63) is 69.4 Å². The van der Waals surface area contributed by atoms with Crippen molar-refractivity contribution in [2.24, 2.45) is 0 Å². The molecule has 2 aromatic rings.